The van der Waals surface area contributed by atoms with Crippen molar-refractivity contribution in [2.24, 2.45) is 0 Å². The molecule has 11 heteroatoms. The normalized spacial score (nSPS) is 16.7. The van der Waals surface area contributed by atoms with Crippen molar-refractivity contribution in [3.63, 3.8) is 0 Å². The topological polar surface area (TPSA) is 136 Å². The van der Waals surface area contributed by atoms with Gasteiger partial charge in [0, 0.05) is 55.9 Å². The molecule has 1 saturated heterocycles. The Balaban J connectivity index is 1.56. The van der Waals surface area contributed by atoms with Gasteiger partial charge in [-0.1, -0.05) is 11.3 Å². The van der Waals surface area contributed by atoms with Crippen LogP contribution < -0.4 is 10.6 Å². The summed E-state index contributed by atoms with van der Waals surface area (Å²) in [5, 5.41) is 25.7. The van der Waals surface area contributed by atoms with Crippen LogP contribution in [0.2, 0.25) is 0 Å². The van der Waals surface area contributed by atoms with E-state index in [0.29, 0.717) is 24.0 Å². The first-order chi connectivity index (χ1) is 17.9. The molecule has 1 aliphatic heterocycles. The van der Waals surface area contributed by atoms with Gasteiger partial charge in [0.05, 0.1) is 22.0 Å². The molecule has 0 aliphatic carbocycles. The number of anilines is 1. The minimum atomic E-state index is -0.753. The van der Waals surface area contributed by atoms with Crippen LogP contribution in [0.3, 0.4) is 0 Å². The molecule has 1 aromatic carbocycles. The number of likely N-dealkylation sites (tertiary alicyclic amines) is 1. The maximum atomic E-state index is 12.1. The highest BCUT2D eigenvalue weighted by molar-refractivity contribution is 7.22. The van der Waals surface area contributed by atoms with Crippen molar-refractivity contribution in [1.29, 1.82) is 0 Å². The Morgan fingerprint density at radius 3 is 2.73 bits per heavy atom. The average Bonchev–Trinajstić information content (AvgIpc) is 3.48. The lowest BCUT2D eigenvalue weighted by Crippen LogP contribution is -2.28. The zero-order valence-electron chi connectivity index (χ0n) is 20.7. The van der Waals surface area contributed by atoms with Gasteiger partial charge in [0.2, 0.25) is 0 Å². The lowest BCUT2D eigenvalue weighted by atomic mass is 10.0. The highest BCUT2D eigenvalue weighted by Crippen LogP contribution is 2.38. The highest BCUT2D eigenvalue weighted by Gasteiger charge is 2.21. The molecule has 2 atom stereocenters. The van der Waals surface area contributed by atoms with Crippen molar-refractivity contribution < 1.29 is 15.0 Å². The number of nitrogens with zero attached hydrogens (tertiary/aromatic N) is 5. The number of aromatic nitrogens is 4. The molecule has 0 spiro atoms. The number of aliphatic hydroxyl groups excluding tert-OH is 2. The molecule has 10 nitrogen and oxygen atoms in total. The Morgan fingerprint density at radius 1 is 1.22 bits per heavy atom. The van der Waals surface area contributed by atoms with E-state index in [0.717, 1.165) is 57.7 Å². The van der Waals surface area contributed by atoms with Crippen LogP contribution in [0.15, 0.2) is 42.9 Å². The fraction of sp³-hybridized carbons (Fsp3) is 0.346. The average molecular weight is 520 g/mol. The van der Waals surface area contributed by atoms with Crippen molar-refractivity contribution in [3.8, 4) is 22.4 Å². The lowest BCUT2D eigenvalue weighted by molar-refractivity contribution is 0.175. The number of benzene rings is 1. The monoisotopic (exact) mass is 519 g/mol. The van der Waals surface area contributed by atoms with Crippen LogP contribution in [0, 0.1) is 0 Å². The molecular formula is C26H29N7O3S. The number of aliphatic hydroxyl groups is 2. The van der Waals surface area contributed by atoms with Gasteiger partial charge in [-0.3, -0.25) is 15.2 Å². The van der Waals surface area contributed by atoms with Crippen molar-refractivity contribution >= 4 is 32.7 Å². The summed E-state index contributed by atoms with van der Waals surface area (Å²) < 4.78 is 0.901. The number of hydrogen-bond acceptors (Lipinski definition) is 9. The first kappa shape index (κ1) is 25.2. The molecule has 4 aromatic rings. The zero-order chi connectivity index (χ0) is 25.9. The summed E-state index contributed by atoms with van der Waals surface area (Å²) in [6.07, 6.45) is 4.93. The smallest absolute Gasteiger partial charge is 0.321 e. The fourth-order valence-corrected chi connectivity index (χ4v) is 5.35. The minimum absolute atomic E-state index is 0.270. The van der Waals surface area contributed by atoms with Gasteiger partial charge in [0.1, 0.15) is 6.10 Å². The molecule has 4 heterocycles. The van der Waals surface area contributed by atoms with Gasteiger partial charge in [0.25, 0.3) is 0 Å². The van der Waals surface area contributed by atoms with Crippen LogP contribution >= 0.6 is 11.3 Å². The molecule has 192 valence electrons. The predicted octanol–water partition coefficient (Wildman–Crippen LogP) is 3.58. The quantitative estimate of drug-likeness (QED) is 0.291. The maximum Gasteiger partial charge on any atom is 0.321 e. The van der Waals surface area contributed by atoms with Crippen molar-refractivity contribution in [2.45, 2.75) is 39.0 Å². The number of carbonyl (C=O) groups is 1. The number of carbonyl (C=O) groups excluding carboxylic acids is 1. The molecule has 0 radical (unpaired) electrons. The van der Waals surface area contributed by atoms with Crippen molar-refractivity contribution in [3.05, 3.63) is 54.2 Å². The van der Waals surface area contributed by atoms with Gasteiger partial charge in [-0.15, -0.1) is 0 Å². The highest BCUT2D eigenvalue weighted by atomic mass is 32.1. The van der Waals surface area contributed by atoms with E-state index in [9.17, 15) is 15.0 Å². The second kappa shape index (κ2) is 10.9. The fourth-order valence-electron chi connectivity index (χ4n) is 4.38. The van der Waals surface area contributed by atoms with E-state index >= 15 is 0 Å². The number of nitrogens with one attached hydrogen (secondary N) is 2. The number of thiazole rings is 1. The van der Waals surface area contributed by atoms with E-state index in [1.54, 1.807) is 25.5 Å². The van der Waals surface area contributed by atoms with E-state index in [2.05, 4.69) is 41.5 Å². The zero-order valence-corrected chi connectivity index (χ0v) is 21.5. The predicted molar refractivity (Wildman–Crippen MR) is 143 cm³/mol. The van der Waals surface area contributed by atoms with Gasteiger partial charge in [-0.2, -0.15) is 0 Å². The van der Waals surface area contributed by atoms with Crippen molar-refractivity contribution in [1.82, 2.24) is 30.2 Å². The molecule has 1 aliphatic rings. The Morgan fingerprint density at radius 2 is 2.03 bits per heavy atom. The molecule has 3 aromatic heterocycles. The second-order valence-corrected chi connectivity index (χ2v) is 10.1. The Kier molecular flexibility index (Phi) is 7.38. The number of β-amino-alcohol motifs (C(OH)–C–C–N with tert-alkyl or cyclic N) is 1. The van der Waals surface area contributed by atoms with Gasteiger partial charge in [-0.05, 0) is 55.7 Å². The molecule has 0 saturated carbocycles. The molecule has 37 heavy (non-hydrogen) atoms. The van der Waals surface area contributed by atoms with Gasteiger partial charge in [0.15, 0.2) is 11.0 Å². The molecule has 2 amide bonds. The molecule has 0 bridgehead atoms. The lowest BCUT2D eigenvalue weighted by Gasteiger charge is -2.15. The molecule has 2 unspecified atom stereocenters. The Bertz CT molecular complexity index is 1410. The number of rotatable bonds is 7. The summed E-state index contributed by atoms with van der Waals surface area (Å²) in [4.78, 5) is 32.3. The summed E-state index contributed by atoms with van der Waals surface area (Å²) in [5.41, 5.74) is 5.13. The summed E-state index contributed by atoms with van der Waals surface area (Å²) in [5.74, 6) is 0.355. The standard InChI is InChI=1S/C26H29N7O3S/c1-3-27-25(36)32-26-31-22-10-17(18-11-29-24(15(2)34)30-12-18)9-20(23(22)37-26)21-8-16(4-6-28-21)13-33-7-5-19(35)14-33/h4,6,8-12,15,19,34-35H,3,5,7,13-14H2,1-2H3,(H2,27,31,32,36). The number of fused-ring (bicyclic) bond motifs is 1. The van der Waals surface area contributed by atoms with Crippen LogP contribution in [0.5, 0.6) is 0 Å². The molecule has 4 N–H and O–H groups in total. The summed E-state index contributed by atoms with van der Waals surface area (Å²) in [6, 6.07) is 7.72. The van der Waals surface area contributed by atoms with E-state index in [1.807, 2.05) is 25.1 Å². The van der Waals surface area contributed by atoms with E-state index in [-0.39, 0.29) is 12.1 Å². The third-order valence-electron chi connectivity index (χ3n) is 6.18. The minimum Gasteiger partial charge on any atom is -0.392 e. The van der Waals surface area contributed by atoms with Crippen molar-refractivity contribution in [2.75, 3.05) is 25.0 Å². The van der Waals surface area contributed by atoms with E-state index < -0.39 is 6.10 Å². The van der Waals surface area contributed by atoms with Crippen LogP contribution in [0.25, 0.3) is 32.6 Å². The third-order valence-corrected chi connectivity index (χ3v) is 7.20. The van der Waals surface area contributed by atoms with E-state index in [4.69, 9.17) is 0 Å². The number of hydrogen-bond donors (Lipinski definition) is 4. The van der Waals surface area contributed by atoms with Crippen LogP contribution in [-0.4, -0.2) is 66.8 Å². The Labute approximate surface area is 218 Å². The number of pyridine rings is 1. The first-order valence-electron chi connectivity index (χ1n) is 12.2. The summed E-state index contributed by atoms with van der Waals surface area (Å²) >= 11 is 1.39. The first-order valence-corrected chi connectivity index (χ1v) is 13.1. The number of urea groups is 1. The van der Waals surface area contributed by atoms with Crippen LogP contribution in [0.1, 0.15) is 37.8 Å². The summed E-state index contributed by atoms with van der Waals surface area (Å²) in [6.45, 7) is 6.26. The largest absolute Gasteiger partial charge is 0.392 e. The maximum absolute atomic E-state index is 12.1. The molecular weight excluding hydrogens is 490 g/mol. The van der Waals surface area contributed by atoms with Crippen LogP contribution in [-0.2, 0) is 6.54 Å². The van der Waals surface area contributed by atoms with Crippen LogP contribution in [0.4, 0.5) is 9.93 Å². The Hall–Kier alpha value is -3.51. The van der Waals surface area contributed by atoms with Gasteiger partial charge < -0.3 is 15.5 Å². The van der Waals surface area contributed by atoms with E-state index in [1.165, 1.54) is 11.3 Å². The third kappa shape index (κ3) is 5.75. The van der Waals surface area contributed by atoms with Gasteiger partial charge in [-0.25, -0.2) is 19.7 Å². The molecule has 1 fully saturated rings. The summed E-state index contributed by atoms with van der Waals surface area (Å²) in [7, 11) is 0. The SMILES string of the molecule is CCNC(=O)Nc1nc2cc(-c3cnc(C(C)O)nc3)cc(-c3cc(CN4CCC(O)C4)ccn3)c2s1. The number of amides is 2. The molecule has 5 rings (SSSR count). The second-order valence-electron chi connectivity index (χ2n) is 9.11. The van der Waals surface area contributed by atoms with Gasteiger partial charge >= 0.3 is 6.03 Å².